The first-order chi connectivity index (χ1) is 12.9. The summed E-state index contributed by atoms with van der Waals surface area (Å²) in [6.45, 7) is 6.82. The van der Waals surface area contributed by atoms with Gasteiger partial charge in [-0.05, 0) is 25.0 Å². The third kappa shape index (κ3) is 5.24. The summed E-state index contributed by atoms with van der Waals surface area (Å²) in [7, 11) is -4.28. The molecule has 0 spiro atoms. The molecule has 28 heavy (non-hydrogen) atoms. The molecule has 0 unspecified atom stereocenters. The smallest absolute Gasteiger partial charge is 0.354 e. The van der Waals surface area contributed by atoms with Crippen LogP contribution in [0, 0.1) is 5.92 Å². The summed E-state index contributed by atoms with van der Waals surface area (Å²) in [4.78, 5) is 13.3. The fourth-order valence-electron chi connectivity index (χ4n) is 3.01. The van der Waals surface area contributed by atoms with E-state index in [2.05, 4.69) is 5.32 Å². The largest absolute Gasteiger partial charge is 0.417 e. The minimum atomic E-state index is -4.76. The number of nitrogens with zero attached hydrogens (tertiary/aromatic N) is 2. The zero-order valence-electron chi connectivity index (χ0n) is 16.2. The van der Waals surface area contributed by atoms with Crippen molar-refractivity contribution in [3.63, 3.8) is 0 Å². The van der Waals surface area contributed by atoms with E-state index >= 15 is 0 Å². The summed E-state index contributed by atoms with van der Waals surface area (Å²) in [6.07, 6.45) is -4.76. The summed E-state index contributed by atoms with van der Waals surface area (Å²) in [6, 6.07) is 3.75. The fraction of sp³-hybridized carbons (Fsp3) is 0.611. The Morgan fingerprint density at radius 2 is 1.68 bits per heavy atom. The van der Waals surface area contributed by atoms with Gasteiger partial charge >= 0.3 is 6.18 Å². The summed E-state index contributed by atoms with van der Waals surface area (Å²) in [5, 5.41) is 2.83. The summed E-state index contributed by atoms with van der Waals surface area (Å²) >= 11 is 0. The third-order valence-corrected chi connectivity index (χ3v) is 6.65. The molecule has 1 saturated heterocycles. The van der Waals surface area contributed by atoms with Gasteiger partial charge in [0.15, 0.2) is 0 Å². The van der Waals surface area contributed by atoms with Crippen LogP contribution in [0.25, 0.3) is 0 Å². The van der Waals surface area contributed by atoms with E-state index < -0.39 is 32.7 Å². The Balaban J connectivity index is 2.08. The van der Waals surface area contributed by atoms with Crippen LogP contribution in [0.1, 0.15) is 26.3 Å². The molecule has 1 amide bonds. The van der Waals surface area contributed by atoms with Gasteiger partial charge in [-0.1, -0.05) is 26.0 Å². The van der Waals surface area contributed by atoms with Crippen molar-refractivity contribution in [2.24, 2.45) is 5.92 Å². The first kappa shape index (κ1) is 22.6. The molecule has 10 heteroatoms. The number of sulfonamides is 1. The van der Waals surface area contributed by atoms with Crippen molar-refractivity contribution < 1.29 is 26.4 Å². The predicted molar refractivity (Wildman–Crippen MR) is 99.1 cm³/mol. The van der Waals surface area contributed by atoms with Crippen molar-refractivity contribution in [2.75, 3.05) is 32.7 Å². The zero-order chi connectivity index (χ0) is 21.1. The van der Waals surface area contributed by atoms with Crippen molar-refractivity contribution in [1.29, 1.82) is 0 Å². The van der Waals surface area contributed by atoms with Crippen molar-refractivity contribution >= 4 is 15.9 Å². The van der Waals surface area contributed by atoms with E-state index in [1.54, 1.807) is 6.92 Å². The number of hydrogen-bond acceptors (Lipinski definition) is 4. The molecule has 0 aromatic heterocycles. The average molecular weight is 421 g/mol. The first-order valence-corrected chi connectivity index (χ1v) is 10.6. The van der Waals surface area contributed by atoms with Crippen LogP contribution in [0.5, 0.6) is 0 Å². The van der Waals surface area contributed by atoms with Crippen LogP contribution >= 0.6 is 0 Å². The fourth-order valence-corrected chi connectivity index (χ4v) is 4.65. The molecule has 0 bridgehead atoms. The van der Waals surface area contributed by atoms with Gasteiger partial charge in [0.05, 0.1) is 16.5 Å². The van der Waals surface area contributed by atoms with Gasteiger partial charge in [0.2, 0.25) is 15.9 Å². The molecule has 0 aliphatic carbocycles. The number of halogens is 3. The van der Waals surface area contributed by atoms with Crippen molar-refractivity contribution in [2.45, 2.75) is 37.9 Å². The maximum absolute atomic E-state index is 13.2. The highest BCUT2D eigenvalue weighted by atomic mass is 32.2. The van der Waals surface area contributed by atoms with Gasteiger partial charge in [-0.3, -0.25) is 9.69 Å². The topological polar surface area (TPSA) is 69.7 Å². The lowest BCUT2D eigenvalue weighted by Gasteiger charge is -2.37. The number of hydrogen-bond donors (Lipinski definition) is 1. The Hall–Kier alpha value is -1.65. The van der Waals surface area contributed by atoms with E-state index in [4.69, 9.17) is 0 Å². The molecule has 1 aromatic carbocycles. The second kappa shape index (κ2) is 8.79. The third-order valence-electron chi connectivity index (χ3n) is 4.70. The Labute approximate surface area is 163 Å². The highest BCUT2D eigenvalue weighted by Crippen LogP contribution is 2.35. The molecular formula is C18H26F3N3O3S. The molecule has 1 aliphatic heterocycles. The number of amides is 1. The van der Waals surface area contributed by atoms with Crippen LogP contribution in [0.3, 0.4) is 0 Å². The number of alkyl halides is 3. The van der Waals surface area contributed by atoms with E-state index in [0.717, 1.165) is 22.5 Å². The van der Waals surface area contributed by atoms with Crippen molar-refractivity contribution in [1.82, 2.24) is 14.5 Å². The minimum Gasteiger partial charge on any atom is -0.354 e. The normalized spacial score (nSPS) is 18.2. The molecule has 0 saturated carbocycles. The van der Waals surface area contributed by atoms with E-state index in [0.29, 0.717) is 12.5 Å². The lowest BCUT2D eigenvalue weighted by molar-refractivity contribution is -0.140. The maximum Gasteiger partial charge on any atom is 0.417 e. The van der Waals surface area contributed by atoms with Gasteiger partial charge < -0.3 is 5.32 Å². The minimum absolute atomic E-state index is 0.0241. The van der Waals surface area contributed by atoms with Crippen molar-refractivity contribution in [3.8, 4) is 0 Å². The van der Waals surface area contributed by atoms with Gasteiger partial charge in [-0.15, -0.1) is 0 Å². The van der Waals surface area contributed by atoms with Gasteiger partial charge in [0.1, 0.15) is 0 Å². The molecule has 1 N–H and O–H groups in total. The van der Waals surface area contributed by atoms with Crippen molar-refractivity contribution in [3.05, 3.63) is 29.8 Å². The number of carbonyl (C=O) groups is 1. The Kier molecular flexibility index (Phi) is 7.11. The van der Waals surface area contributed by atoms with Crippen LogP contribution < -0.4 is 5.32 Å². The Morgan fingerprint density at radius 1 is 1.11 bits per heavy atom. The number of piperazine rings is 1. The molecule has 1 aromatic rings. The lowest BCUT2D eigenvalue weighted by atomic mass is 10.2. The van der Waals surface area contributed by atoms with Gasteiger partial charge in [0.25, 0.3) is 0 Å². The maximum atomic E-state index is 13.2. The molecular weight excluding hydrogens is 395 g/mol. The van der Waals surface area contributed by atoms with Crippen LogP contribution in [0.15, 0.2) is 29.2 Å². The first-order valence-electron chi connectivity index (χ1n) is 9.12. The molecule has 6 nitrogen and oxygen atoms in total. The molecule has 1 heterocycles. The monoisotopic (exact) mass is 421 g/mol. The quantitative estimate of drug-likeness (QED) is 0.765. The lowest BCUT2D eigenvalue weighted by Crippen LogP contribution is -2.55. The van der Waals surface area contributed by atoms with Crippen LogP contribution in [0.4, 0.5) is 13.2 Å². The standard InChI is InChI=1S/C18H26F3N3O3S/c1-13(2)12-22-17(25)14(3)23-8-10-24(11-9-23)28(26,27)16-7-5-4-6-15(16)18(19,20)21/h4-7,13-14H,8-12H2,1-3H3,(H,22,25)/t14-/m1/s1. The van der Waals surface area contributed by atoms with Gasteiger partial charge in [-0.25, -0.2) is 8.42 Å². The second-order valence-corrected chi connectivity index (χ2v) is 9.16. The zero-order valence-corrected chi connectivity index (χ0v) is 17.0. The molecule has 158 valence electrons. The van der Waals surface area contributed by atoms with E-state index in [-0.39, 0.29) is 32.1 Å². The highest BCUT2D eigenvalue weighted by molar-refractivity contribution is 7.89. The number of benzene rings is 1. The summed E-state index contributed by atoms with van der Waals surface area (Å²) in [5.41, 5.74) is -1.17. The molecule has 0 radical (unpaired) electrons. The highest BCUT2D eigenvalue weighted by Gasteiger charge is 2.40. The van der Waals surface area contributed by atoms with E-state index in [1.807, 2.05) is 18.7 Å². The SMILES string of the molecule is CC(C)CNC(=O)[C@@H](C)N1CCN(S(=O)(=O)c2ccccc2C(F)(F)F)CC1. The van der Waals surface area contributed by atoms with Gasteiger partial charge in [0, 0.05) is 32.7 Å². The van der Waals surface area contributed by atoms with E-state index in [9.17, 15) is 26.4 Å². The molecule has 1 aliphatic rings. The second-order valence-electron chi connectivity index (χ2n) is 7.25. The van der Waals surface area contributed by atoms with Gasteiger partial charge in [-0.2, -0.15) is 17.5 Å². The Morgan fingerprint density at radius 3 is 2.21 bits per heavy atom. The van der Waals surface area contributed by atoms with Crippen LogP contribution in [0.2, 0.25) is 0 Å². The van der Waals surface area contributed by atoms with Crippen LogP contribution in [-0.4, -0.2) is 62.3 Å². The number of carbonyl (C=O) groups excluding carboxylic acids is 1. The number of rotatable bonds is 6. The van der Waals surface area contributed by atoms with E-state index in [1.165, 1.54) is 6.07 Å². The summed E-state index contributed by atoms with van der Waals surface area (Å²) in [5.74, 6) is 0.166. The van der Waals surface area contributed by atoms with Crippen LogP contribution in [-0.2, 0) is 21.0 Å². The number of nitrogens with one attached hydrogen (secondary N) is 1. The average Bonchev–Trinajstić information content (AvgIpc) is 2.65. The summed E-state index contributed by atoms with van der Waals surface area (Å²) < 4.78 is 66.2. The molecule has 1 atom stereocenters. The predicted octanol–water partition coefficient (Wildman–Crippen LogP) is 2.17. The Bertz CT molecular complexity index is 789. The molecule has 1 fully saturated rings. The molecule has 2 rings (SSSR count).